The van der Waals surface area contributed by atoms with Crippen molar-refractivity contribution >= 4 is 35.5 Å². The van der Waals surface area contributed by atoms with Crippen molar-refractivity contribution in [3.63, 3.8) is 0 Å². The molecule has 0 radical (unpaired) electrons. The zero-order chi connectivity index (χ0) is 42.0. The number of aromatic nitrogens is 1. The molecule has 1 N–H and O–H groups in total. The third-order valence-corrected chi connectivity index (χ3v) is 13.3. The average molecular weight is 813 g/mol. The second-order valence-electron chi connectivity index (χ2n) is 16.4. The molecule has 6 heteroatoms. The molecule has 1 aliphatic rings. The van der Waals surface area contributed by atoms with Gasteiger partial charge < -0.3 is 4.89 Å². The fourth-order valence-corrected chi connectivity index (χ4v) is 11.0. The maximum absolute atomic E-state index is 15.7. The molecule has 0 saturated carbocycles. The quantitative estimate of drug-likeness (QED) is 0.169. The maximum Gasteiger partial charge on any atom is 0.433 e. The lowest BCUT2D eigenvalue weighted by molar-refractivity contribution is -0.200. The second-order valence-corrected chi connectivity index (χ2v) is 18.0. The van der Waals surface area contributed by atoms with E-state index in [0.29, 0.717) is 17.3 Å². The van der Waals surface area contributed by atoms with Gasteiger partial charge in [-0.25, -0.2) is 4.98 Å². The zero-order valence-corrected chi connectivity index (χ0v) is 36.0. The Morgan fingerprint density at radius 1 is 0.443 bits per heavy atom. The minimum Gasteiger partial charge on any atom is -0.597 e. The summed E-state index contributed by atoms with van der Waals surface area (Å²) in [6.45, 7) is 13.0. The van der Waals surface area contributed by atoms with Crippen LogP contribution in [0.5, 0.6) is 11.5 Å². The van der Waals surface area contributed by atoms with E-state index in [1.165, 1.54) is 44.5 Å². The zero-order valence-electron chi connectivity index (χ0n) is 35.1. The van der Waals surface area contributed by atoms with Gasteiger partial charge >= 0.3 is 8.09 Å². The van der Waals surface area contributed by atoms with Crippen molar-refractivity contribution in [2.75, 3.05) is 5.09 Å². The molecule has 0 spiro atoms. The Balaban J connectivity index is 1.24. The highest BCUT2D eigenvalue weighted by Gasteiger charge is 2.43. The van der Waals surface area contributed by atoms with E-state index < -0.39 is 8.09 Å². The third-order valence-electron chi connectivity index (χ3n) is 11.9. The molecular weight excluding hydrogens is 768 g/mol. The minimum atomic E-state index is -4.26. The van der Waals surface area contributed by atoms with Crippen LogP contribution in [0.3, 0.4) is 0 Å². The van der Waals surface area contributed by atoms with E-state index in [1.54, 1.807) is 12.3 Å². The summed E-state index contributed by atoms with van der Waals surface area (Å²) in [5, 5.41) is 7.10. The van der Waals surface area contributed by atoms with Crippen molar-refractivity contribution in [1.29, 1.82) is 0 Å². The van der Waals surface area contributed by atoms with Crippen LogP contribution in [0.4, 0.5) is 5.82 Å². The Bertz CT molecular complexity index is 2940. The van der Waals surface area contributed by atoms with Gasteiger partial charge in [0.15, 0.2) is 17.3 Å². The van der Waals surface area contributed by atoms with Crippen molar-refractivity contribution in [2.45, 2.75) is 41.5 Å². The van der Waals surface area contributed by atoms with Crippen LogP contribution in [-0.4, -0.2) is 4.98 Å². The molecule has 5 nitrogen and oxygen atoms in total. The number of rotatable bonds is 6. The predicted octanol–water partition coefficient (Wildman–Crippen LogP) is 14.5. The van der Waals surface area contributed by atoms with Crippen LogP contribution >= 0.6 is 8.09 Å². The van der Waals surface area contributed by atoms with Gasteiger partial charge in [-0.15, -0.1) is 0 Å². The molecule has 61 heavy (non-hydrogen) atoms. The molecule has 9 aromatic rings. The molecule has 2 heterocycles. The van der Waals surface area contributed by atoms with E-state index in [4.69, 9.17) is 9.05 Å². The Labute approximate surface area is 358 Å². The first-order valence-corrected chi connectivity index (χ1v) is 22.3. The fourth-order valence-electron chi connectivity index (χ4n) is 9.55. The second kappa shape index (κ2) is 15.0. The SMILES string of the molecule is Cc1cc(C)c(-c2ccc(-c3cc4ccccc4c4c3O[P+]([O-])(Nc3ccccn3)Oc3c(-c5ccc(-c6c(C)cc(C)cc6C)cc5)cc5ccccc5c3-4)cc2)c(C)c1. The highest BCUT2D eigenvalue weighted by Crippen LogP contribution is 2.64. The summed E-state index contributed by atoms with van der Waals surface area (Å²) < 4.78 is 13.9. The average Bonchev–Trinajstić information content (AvgIpc) is 3.37. The van der Waals surface area contributed by atoms with Gasteiger partial charge in [-0.05, 0) is 143 Å². The Hall–Kier alpha value is -6.78. The summed E-state index contributed by atoms with van der Waals surface area (Å²) in [7, 11) is -4.26. The summed E-state index contributed by atoms with van der Waals surface area (Å²) in [6.07, 6.45) is 1.66. The summed E-state index contributed by atoms with van der Waals surface area (Å²) in [5.74, 6) is 1.33. The predicted molar refractivity (Wildman–Crippen MR) is 253 cm³/mol. The summed E-state index contributed by atoms with van der Waals surface area (Å²) >= 11 is 0. The van der Waals surface area contributed by atoms with Crippen LogP contribution in [0.25, 0.3) is 77.2 Å². The Kier molecular flexibility index (Phi) is 9.48. The van der Waals surface area contributed by atoms with Crippen LogP contribution in [-0.2, 0) is 0 Å². The standard InChI is InChI=1S/C55H45N2O3P/c1-33-27-35(3)50(36(4)28-33)41-22-18-39(19-23-41)47-31-43-13-7-9-15-45(43)52-53-46-16-10-8-14-44(46)32-48(40-20-24-42(25-21-40)51-37(5)29-34(2)30-38(51)6)55(53)60-61(58,59-54(47)52)57-49-17-11-12-26-56-49/h7-32H,1-6H3,(H,56,57,58). The molecule has 0 atom stereocenters. The van der Waals surface area contributed by atoms with Crippen LogP contribution in [0.1, 0.15) is 33.4 Å². The molecule has 0 bridgehead atoms. The molecule has 10 rings (SSSR count). The van der Waals surface area contributed by atoms with Crippen LogP contribution in [0.2, 0.25) is 0 Å². The molecule has 0 fully saturated rings. The number of benzene rings is 8. The number of aryl methyl sites for hydroxylation is 6. The lowest BCUT2D eigenvalue weighted by Gasteiger charge is -2.27. The number of nitrogens with zero attached hydrogens (tertiary/aromatic N) is 1. The van der Waals surface area contributed by atoms with Crippen LogP contribution in [0.15, 0.2) is 158 Å². The van der Waals surface area contributed by atoms with Crippen LogP contribution in [0, 0.1) is 41.5 Å². The third kappa shape index (κ3) is 6.90. The first-order valence-electron chi connectivity index (χ1n) is 20.7. The molecule has 0 saturated heterocycles. The van der Waals surface area contributed by atoms with E-state index in [0.717, 1.165) is 66.1 Å². The Morgan fingerprint density at radius 3 is 1.25 bits per heavy atom. The van der Waals surface area contributed by atoms with Crippen molar-refractivity contribution in [3.8, 4) is 67.1 Å². The van der Waals surface area contributed by atoms with Gasteiger partial charge in [0.05, 0.1) is 0 Å². The van der Waals surface area contributed by atoms with Gasteiger partial charge in [0.1, 0.15) is 0 Å². The van der Waals surface area contributed by atoms with Crippen LogP contribution < -0.4 is 19.0 Å². The fraction of sp³-hybridized carbons (Fsp3) is 0.109. The number of anilines is 1. The van der Waals surface area contributed by atoms with Gasteiger partial charge in [-0.2, -0.15) is 5.09 Å². The maximum atomic E-state index is 15.7. The van der Waals surface area contributed by atoms with Crippen molar-refractivity contribution in [2.24, 2.45) is 0 Å². The summed E-state index contributed by atoms with van der Waals surface area (Å²) in [4.78, 5) is 20.2. The van der Waals surface area contributed by atoms with Crippen molar-refractivity contribution in [1.82, 2.24) is 4.98 Å². The van der Waals surface area contributed by atoms with Crippen molar-refractivity contribution < 1.29 is 13.9 Å². The number of pyridine rings is 1. The van der Waals surface area contributed by atoms with E-state index in [2.05, 4.69) is 173 Å². The molecule has 0 aliphatic carbocycles. The molecule has 298 valence electrons. The molecular formula is C55H45N2O3P. The van der Waals surface area contributed by atoms with E-state index >= 15 is 4.89 Å². The van der Waals surface area contributed by atoms with Gasteiger partial charge in [-0.1, -0.05) is 139 Å². The van der Waals surface area contributed by atoms with E-state index in [1.807, 2.05) is 24.3 Å². The number of hydrogen-bond acceptors (Lipinski definition) is 5. The largest absolute Gasteiger partial charge is 0.597 e. The normalized spacial score (nSPS) is 12.9. The number of fused-ring (bicyclic) bond motifs is 7. The van der Waals surface area contributed by atoms with E-state index in [9.17, 15) is 0 Å². The van der Waals surface area contributed by atoms with Gasteiger partial charge in [0.25, 0.3) is 0 Å². The highest BCUT2D eigenvalue weighted by atomic mass is 31.2. The van der Waals surface area contributed by atoms with Gasteiger partial charge in [0.2, 0.25) is 0 Å². The molecule has 1 aromatic heterocycles. The monoisotopic (exact) mass is 812 g/mol. The first-order chi connectivity index (χ1) is 29.5. The van der Waals surface area contributed by atoms with E-state index in [-0.39, 0.29) is 0 Å². The Morgan fingerprint density at radius 2 is 0.836 bits per heavy atom. The molecule has 1 aliphatic heterocycles. The summed E-state index contributed by atoms with van der Waals surface area (Å²) in [6, 6.07) is 52.6. The summed E-state index contributed by atoms with van der Waals surface area (Å²) in [5.41, 5.74) is 17.3. The first kappa shape index (κ1) is 38.4. The molecule has 0 amide bonds. The van der Waals surface area contributed by atoms with Gasteiger partial charge in [0, 0.05) is 28.5 Å². The van der Waals surface area contributed by atoms with Gasteiger partial charge in [-0.3, -0.25) is 9.05 Å². The molecule has 8 aromatic carbocycles. The number of hydrogen-bond donors (Lipinski definition) is 1. The number of nitrogens with one attached hydrogen (secondary N) is 1. The lowest BCUT2D eigenvalue weighted by atomic mass is 9.86. The lowest BCUT2D eigenvalue weighted by Crippen LogP contribution is -2.27. The van der Waals surface area contributed by atoms with Crippen molar-refractivity contribution in [3.05, 3.63) is 191 Å². The molecule has 0 unspecified atom stereocenters. The highest BCUT2D eigenvalue weighted by molar-refractivity contribution is 7.61. The topological polar surface area (TPSA) is 66.4 Å². The minimum absolute atomic E-state index is 0.377. The smallest absolute Gasteiger partial charge is 0.433 e.